The van der Waals surface area contributed by atoms with Crippen molar-refractivity contribution < 1.29 is 24.2 Å². The zero-order chi connectivity index (χ0) is 20.0. The second-order valence-corrected chi connectivity index (χ2v) is 6.99. The molecule has 1 aliphatic rings. The van der Waals surface area contributed by atoms with Crippen LogP contribution in [-0.2, 0) is 17.8 Å². The Kier molecular flexibility index (Phi) is 4.34. The Balaban J connectivity index is 2.04. The summed E-state index contributed by atoms with van der Waals surface area (Å²) in [4.78, 5) is 24.6. The molecule has 3 aromatic rings. The second-order valence-electron chi connectivity index (χ2n) is 6.99. The molecule has 4 rings (SSSR count). The molecule has 1 heterocycles. The van der Waals surface area contributed by atoms with Crippen LogP contribution in [0.25, 0.3) is 10.9 Å². The number of methoxy groups -OCH3 is 2. The molecular weight excluding hydrogens is 358 g/mol. The van der Waals surface area contributed by atoms with Crippen LogP contribution in [0, 0.1) is 12.8 Å². The Morgan fingerprint density at radius 2 is 1.93 bits per heavy atom. The molecule has 0 fully saturated rings. The smallest absolute Gasteiger partial charge is 0.314 e. The maximum absolute atomic E-state index is 13.0. The van der Waals surface area contributed by atoms with Gasteiger partial charge in [0.15, 0.2) is 5.78 Å². The lowest BCUT2D eigenvalue weighted by molar-refractivity contribution is -0.139. The number of fused-ring (bicyclic) bond motifs is 3. The highest BCUT2D eigenvalue weighted by Gasteiger charge is 2.41. The lowest BCUT2D eigenvalue weighted by Crippen LogP contribution is -2.22. The van der Waals surface area contributed by atoms with Crippen molar-refractivity contribution in [2.75, 3.05) is 14.2 Å². The molecule has 1 aromatic heterocycles. The van der Waals surface area contributed by atoms with E-state index >= 15 is 0 Å². The van der Waals surface area contributed by atoms with Gasteiger partial charge in [-0.2, -0.15) is 0 Å². The third-order valence-corrected chi connectivity index (χ3v) is 5.47. The minimum atomic E-state index is -1.09. The van der Waals surface area contributed by atoms with Crippen molar-refractivity contribution in [1.82, 2.24) is 4.57 Å². The van der Waals surface area contributed by atoms with Crippen LogP contribution in [0.2, 0.25) is 0 Å². The van der Waals surface area contributed by atoms with Gasteiger partial charge in [0.25, 0.3) is 0 Å². The quantitative estimate of drug-likeness (QED) is 0.687. The van der Waals surface area contributed by atoms with Crippen LogP contribution in [-0.4, -0.2) is 35.6 Å². The predicted octanol–water partition coefficient (Wildman–Crippen LogP) is 3.45. The van der Waals surface area contributed by atoms with Crippen molar-refractivity contribution in [2.45, 2.75) is 19.9 Å². The number of ketones is 1. The van der Waals surface area contributed by atoms with Crippen molar-refractivity contribution in [2.24, 2.45) is 5.92 Å². The first kappa shape index (κ1) is 18.1. The molecule has 0 saturated heterocycles. The zero-order valence-corrected chi connectivity index (χ0v) is 16.0. The Bertz CT molecular complexity index is 1100. The monoisotopic (exact) mass is 379 g/mol. The summed E-state index contributed by atoms with van der Waals surface area (Å²) in [6.07, 6.45) is 0.178. The third kappa shape index (κ3) is 2.56. The Morgan fingerprint density at radius 3 is 2.54 bits per heavy atom. The summed E-state index contributed by atoms with van der Waals surface area (Å²) in [5.41, 5.74) is 3.86. The number of benzene rings is 2. The molecule has 1 unspecified atom stereocenters. The van der Waals surface area contributed by atoms with E-state index in [4.69, 9.17) is 9.47 Å². The highest BCUT2D eigenvalue weighted by Crippen LogP contribution is 2.44. The summed E-state index contributed by atoms with van der Waals surface area (Å²) < 4.78 is 13.1. The van der Waals surface area contributed by atoms with Crippen molar-refractivity contribution in [3.05, 3.63) is 58.8 Å². The van der Waals surface area contributed by atoms with Gasteiger partial charge >= 0.3 is 5.97 Å². The predicted molar refractivity (Wildman–Crippen MR) is 104 cm³/mol. The van der Waals surface area contributed by atoms with Crippen LogP contribution < -0.4 is 9.47 Å². The number of nitrogens with zero attached hydrogens (tertiary/aromatic N) is 1. The van der Waals surface area contributed by atoms with Crippen molar-refractivity contribution >= 4 is 22.7 Å². The molecule has 28 heavy (non-hydrogen) atoms. The molecule has 6 heteroatoms. The van der Waals surface area contributed by atoms with Gasteiger partial charge in [-0.3, -0.25) is 9.59 Å². The van der Waals surface area contributed by atoms with E-state index < -0.39 is 11.9 Å². The van der Waals surface area contributed by atoms with Crippen LogP contribution in [0.4, 0.5) is 0 Å². The highest BCUT2D eigenvalue weighted by atomic mass is 16.5. The number of hydrogen-bond donors (Lipinski definition) is 1. The fourth-order valence-electron chi connectivity index (χ4n) is 4.16. The minimum Gasteiger partial charge on any atom is -0.496 e. The van der Waals surface area contributed by atoms with Gasteiger partial charge in [0, 0.05) is 17.5 Å². The molecule has 6 nitrogen and oxygen atoms in total. The highest BCUT2D eigenvalue weighted by molar-refractivity contribution is 6.15. The van der Waals surface area contributed by atoms with Crippen LogP contribution in [0.1, 0.15) is 27.2 Å². The number of Topliss-reactive ketones (excluding diaryl/α,β-unsaturated/α-hetero) is 1. The first-order valence-corrected chi connectivity index (χ1v) is 9.05. The molecule has 1 N–H and O–H groups in total. The summed E-state index contributed by atoms with van der Waals surface area (Å²) in [6, 6.07) is 11.7. The molecule has 2 aromatic carbocycles. The molecule has 0 bridgehead atoms. The summed E-state index contributed by atoms with van der Waals surface area (Å²) in [6.45, 7) is 2.36. The molecule has 1 aliphatic carbocycles. The van der Waals surface area contributed by atoms with Gasteiger partial charge in [0.05, 0.1) is 25.4 Å². The molecule has 0 aliphatic heterocycles. The summed E-state index contributed by atoms with van der Waals surface area (Å²) in [5, 5.41) is 10.3. The average molecular weight is 379 g/mol. The van der Waals surface area contributed by atoms with Gasteiger partial charge in [0.1, 0.15) is 17.4 Å². The maximum Gasteiger partial charge on any atom is 0.314 e. The number of carboxylic acids is 1. The molecule has 0 saturated carbocycles. The van der Waals surface area contributed by atoms with Crippen LogP contribution >= 0.6 is 0 Å². The van der Waals surface area contributed by atoms with Crippen LogP contribution in [0.3, 0.4) is 0 Å². The lowest BCUT2D eigenvalue weighted by Gasteiger charge is -2.16. The fraction of sp³-hybridized carbons (Fsp3) is 0.273. The number of carboxylic acid groups (broad SMARTS) is 1. The van der Waals surface area contributed by atoms with E-state index in [1.54, 1.807) is 14.2 Å². The topological polar surface area (TPSA) is 77.8 Å². The SMILES string of the molecule is COc1cc2c3c(n(Cc4ccccc4)c2c(OC)c1C)C(=O)C(C(=O)O)C3. The number of rotatable bonds is 5. The molecule has 0 radical (unpaired) electrons. The Labute approximate surface area is 162 Å². The number of ether oxygens (including phenoxy) is 2. The van der Waals surface area contributed by atoms with Crippen molar-refractivity contribution in [3.63, 3.8) is 0 Å². The number of aliphatic carboxylic acids is 1. The van der Waals surface area contributed by atoms with E-state index in [0.29, 0.717) is 23.7 Å². The summed E-state index contributed by atoms with van der Waals surface area (Å²) in [5.74, 6) is -1.20. The van der Waals surface area contributed by atoms with E-state index in [1.807, 2.05) is 47.9 Å². The van der Waals surface area contributed by atoms with E-state index in [-0.39, 0.29) is 12.2 Å². The first-order valence-electron chi connectivity index (χ1n) is 9.05. The van der Waals surface area contributed by atoms with Crippen molar-refractivity contribution in [1.29, 1.82) is 0 Å². The van der Waals surface area contributed by atoms with E-state index in [9.17, 15) is 14.7 Å². The van der Waals surface area contributed by atoms with Crippen LogP contribution in [0.5, 0.6) is 11.5 Å². The minimum absolute atomic E-state index is 0.178. The standard InChI is InChI=1S/C22H21NO5/c1-12-17(27-2)10-15-14-9-16(22(25)26)20(24)18(14)23(19(15)21(12)28-3)11-13-7-5-4-6-8-13/h4-8,10,16H,9,11H2,1-3H3,(H,25,26). The first-order chi connectivity index (χ1) is 13.5. The van der Waals surface area contributed by atoms with Gasteiger partial charge in [0.2, 0.25) is 0 Å². The molecule has 0 amide bonds. The van der Waals surface area contributed by atoms with E-state index in [0.717, 1.165) is 27.6 Å². The third-order valence-electron chi connectivity index (χ3n) is 5.47. The Morgan fingerprint density at radius 1 is 1.21 bits per heavy atom. The van der Waals surface area contributed by atoms with Gasteiger partial charge < -0.3 is 19.1 Å². The van der Waals surface area contributed by atoms with Gasteiger partial charge in [-0.25, -0.2) is 0 Å². The van der Waals surface area contributed by atoms with Gasteiger partial charge in [-0.1, -0.05) is 30.3 Å². The maximum atomic E-state index is 13.0. The largest absolute Gasteiger partial charge is 0.496 e. The summed E-state index contributed by atoms with van der Waals surface area (Å²) >= 11 is 0. The molecule has 1 atom stereocenters. The number of carbonyl (C=O) groups excluding carboxylic acids is 1. The lowest BCUT2D eigenvalue weighted by atomic mass is 10.0. The van der Waals surface area contributed by atoms with E-state index in [2.05, 4.69) is 0 Å². The zero-order valence-electron chi connectivity index (χ0n) is 16.0. The van der Waals surface area contributed by atoms with Crippen molar-refractivity contribution in [3.8, 4) is 11.5 Å². The average Bonchev–Trinajstić information content (AvgIpc) is 3.18. The number of aromatic nitrogens is 1. The normalized spacial score (nSPS) is 15.7. The Hall–Kier alpha value is -3.28. The molecular formula is C22H21NO5. The summed E-state index contributed by atoms with van der Waals surface area (Å²) in [7, 11) is 3.17. The fourth-order valence-corrected chi connectivity index (χ4v) is 4.16. The second kappa shape index (κ2) is 6.71. The van der Waals surface area contributed by atoms with Crippen LogP contribution in [0.15, 0.2) is 36.4 Å². The van der Waals surface area contributed by atoms with Gasteiger partial charge in [-0.05, 0) is 30.5 Å². The van der Waals surface area contributed by atoms with E-state index in [1.165, 1.54) is 0 Å². The van der Waals surface area contributed by atoms with Gasteiger partial charge in [-0.15, -0.1) is 0 Å². The molecule has 144 valence electrons. The number of carbonyl (C=O) groups is 2. The molecule has 0 spiro atoms. The number of hydrogen-bond acceptors (Lipinski definition) is 4.